The SMILES string of the molecule is C\C=C(C)/C=C(\C(C)=N\C(=C/C(N)=O)c1ccccc1)C(C)N. The van der Waals surface area contributed by atoms with E-state index in [1.807, 2.05) is 70.2 Å². The molecule has 23 heavy (non-hydrogen) atoms. The third-order valence-corrected chi connectivity index (χ3v) is 3.38. The van der Waals surface area contributed by atoms with Crippen LogP contribution in [0, 0.1) is 0 Å². The van der Waals surface area contributed by atoms with Gasteiger partial charge in [0.2, 0.25) is 5.91 Å². The summed E-state index contributed by atoms with van der Waals surface area (Å²) < 4.78 is 0. The average molecular weight is 311 g/mol. The van der Waals surface area contributed by atoms with Crippen LogP contribution < -0.4 is 11.5 Å². The van der Waals surface area contributed by atoms with Crippen LogP contribution in [0.4, 0.5) is 0 Å². The van der Waals surface area contributed by atoms with Crippen molar-refractivity contribution in [3.8, 4) is 0 Å². The van der Waals surface area contributed by atoms with E-state index >= 15 is 0 Å². The monoisotopic (exact) mass is 311 g/mol. The number of amides is 1. The number of benzene rings is 1. The minimum absolute atomic E-state index is 0.167. The lowest BCUT2D eigenvalue weighted by molar-refractivity contribution is -0.113. The van der Waals surface area contributed by atoms with Crippen molar-refractivity contribution in [1.82, 2.24) is 0 Å². The zero-order valence-corrected chi connectivity index (χ0v) is 14.2. The van der Waals surface area contributed by atoms with Crippen molar-refractivity contribution in [2.45, 2.75) is 33.7 Å². The number of nitrogens with two attached hydrogens (primary N) is 2. The summed E-state index contributed by atoms with van der Waals surface area (Å²) in [7, 11) is 0. The highest BCUT2D eigenvalue weighted by molar-refractivity contribution is 6.04. The smallest absolute Gasteiger partial charge is 0.243 e. The van der Waals surface area contributed by atoms with E-state index in [4.69, 9.17) is 11.5 Å². The molecule has 4 nitrogen and oxygen atoms in total. The topological polar surface area (TPSA) is 81.5 Å². The second kappa shape index (κ2) is 8.86. The number of carbonyl (C=O) groups excluding carboxylic acids is 1. The Morgan fingerprint density at radius 1 is 1.17 bits per heavy atom. The van der Waals surface area contributed by atoms with E-state index in [9.17, 15) is 4.79 Å². The summed E-state index contributed by atoms with van der Waals surface area (Å²) in [4.78, 5) is 15.9. The summed E-state index contributed by atoms with van der Waals surface area (Å²) in [6.07, 6.45) is 5.35. The first-order valence-electron chi connectivity index (χ1n) is 7.57. The Morgan fingerprint density at radius 2 is 1.78 bits per heavy atom. The number of rotatable bonds is 6. The van der Waals surface area contributed by atoms with Gasteiger partial charge in [-0.05, 0) is 33.3 Å². The molecule has 122 valence electrons. The number of nitrogens with zero attached hydrogens (tertiary/aromatic N) is 1. The molecule has 0 radical (unpaired) electrons. The summed E-state index contributed by atoms with van der Waals surface area (Å²) in [6, 6.07) is 9.29. The molecule has 0 aliphatic rings. The van der Waals surface area contributed by atoms with Gasteiger partial charge < -0.3 is 11.5 Å². The van der Waals surface area contributed by atoms with Crippen LogP contribution >= 0.6 is 0 Å². The highest BCUT2D eigenvalue weighted by Gasteiger charge is 2.10. The molecule has 1 aromatic rings. The van der Waals surface area contributed by atoms with Gasteiger partial charge in [-0.25, -0.2) is 0 Å². The maximum atomic E-state index is 11.3. The van der Waals surface area contributed by atoms with Gasteiger partial charge in [-0.15, -0.1) is 0 Å². The van der Waals surface area contributed by atoms with Gasteiger partial charge in [0.1, 0.15) is 0 Å². The van der Waals surface area contributed by atoms with Crippen LogP contribution in [0.2, 0.25) is 0 Å². The van der Waals surface area contributed by atoms with Crippen LogP contribution in [0.5, 0.6) is 0 Å². The van der Waals surface area contributed by atoms with Crippen LogP contribution in [0.25, 0.3) is 5.70 Å². The highest BCUT2D eigenvalue weighted by atomic mass is 16.1. The Bertz CT molecular complexity index is 665. The van der Waals surface area contributed by atoms with E-state index < -0.39 is 5.91 Å². The standard InChI is InChI=1S/C19H25N3O/c1-5-13(2)11-17(14(3)20)15(4)22-18(12-19(21)23)16-9-7-6-8-10-16/h5-12,14H,20H2,1-4H3,(H2,21,23)/b13-5-,17-11-,18-12-,22-15+. The molecular weight excluding hydrogens is 286 g/mol. The predicted molar refractivity (Wildman–Crippen MR) is 97.9 cm³/mol. The van der Waals surface area contributed by atoms with Crippen LogP contribution in [-0.2, 0) is 4.79 Å². The van der Waals surface area contributed by atoms with Crippen molar-refractivity contribution < 1.29 is 4.79 Å². The number of hydrogen-bond donors (Lipinski definition) is 2. The van der Waals surface area contributed by atoms with Crippen LogP contribution in [0.3, 0.4) is 0 Å². The van der Waals surface area contributed by atoms with Gasteiger partial charge in [0, 0.05) is 23.4 Å². The summed E-state index contributed by atoms with van der Waals surface area (Å²) in [5, 5.41) is 0. The highest BCUT2D eigenvalue weighted by Crippen LogP contribution is 2.18. The largest absolute Gasteiger partial charge is 0.366 e. The predicted octanol–water partition coefficient (Wildman–Crippen LogP) is 3.21. The zero-order valence-electron chi connectivity index (χ0n) is 14.2. The van der Waals surface area contributed by atoms with E-state index in [1.165, 1.54) is 6.08 Å². The normalized spacial score (nSPS) is 15.5. The summed E-state index contributed by atoms with van der Waals surface area (Å²) in [5.74, 6) is -0.531. The second-order valence-corrected chi connectivity index (χ2v) is 5.42. The number of hydrogen-bond acceptors (Lipinski definition) is 3. The number of aliphatic imine (C=N–C) groups is 1. The van der Waals surface area contributed by atoms with Crippen LogP contribution in [0.15, 0.2) is 64.7 Å². The van der Waals surface area contributed by atoms with Crippen molar-refractivity contribution in [2.75, 3.05) is 0 Å². The molecule has 0 aromatic heterocycles. The van der Waals surface area contributed by atoms with Crippen LogP contribution in [-0.4, -0.2) is 17.7 Å². The Balaban J connectivity index is 3.35. The fourth-order valence-corrected chi connectivity index (χ4v) is 2.06. The third kappa shape index (κ3) is 6.04. The first-order chi connectivity index (χ1) is 10.8. The molecule has 1 unspecified atom stereocenters. The summed E-state index contributed by atoms with van der Waals surface area (Å²) in [5.41, 5.74) is 15.5. The van der Waals surface area contributed by atoms with Gasteiger partial charge in [-0.1, -0.05) is 48.1 Å². The van der Waals surface area contributed by atoms with Crippen molar-refractivity contribution in [2.24, 2.45) is 16.5 Å². The van der Waals surface area contributed by atoms with Crippen molar-refractivity contribution in [3.05, 3.63) is 65.3 Å². The molecule has 4 heteroatoms. The van der Waals surface area contributed by atoms with Gasteiger partial charge >= 0.3 is 0 Å². The van der Waals surface area contributed by atoms with Gasteiger partial charge in [0.25, 0.3) is 0 Å². The lowest BCUT2D eigenvalue weighted by Gasteiger charge is -2.13. The van der Waals surface area contributed by atoms with E-state index in [0.29, 0.717) is 5.70 Å². The molecule has 0 bridgehead atoms. The molecule has 1 aromatic carbocycles. The molecule has 1 amide bonds. The van der Waals surface area contributed by atoms with Crippen molar-refractivity contribution in [1.29, 1.82) is 0 Å². The molecule has 0 heterocycles. The summed E-state index contributed by atoms with van der Waals surface area (Å²) in [6.45, 7) is 7.77. The van der Waals surface area contributed by atoms with Crippen molar-refractivity contribution >= 4 is 17.3 Å². The second-order valence-electron chi connectivity index (χ2n) is 5.42. The zero-order chi connectivity index (χ0) is 17.4. The Kier molecular flexibility index (Phi) is 7.16. The summed E-state index contributed by atoms with van der Waals surface area (Å²) >= 11 is 0. The number of allylic oxidation sites excluding steroid dienone is 3. The van der Waals surface area contributed by atoms with Gasteiger partial charge in [-0.2, -0.15) is 0 Å². The van der Waals surface area contributed by atoms with Crippen molar-refractivity contribution in [3.63, 3.8) is 0 Å². The van der Waals surface area contributed by atoms with Gasteiger partial charge in [0.05, 0.1) is 5.70 Å². The number of carbonyl (C=O) groups is 1. The quantitative estimate of drug-likeness (QED) is 0.480. The van der Waals surface area contributed by atoms with Gasteiger partial charge in [0.15, 0.2) is 0 Å². The molecule has 0 fully saturated rings. The lowest BCUT2D eigenvalue weighted by Crippen LogP contribution is -2.23. The molecule has 4 N–H and O–H groups in total. The minimum atomic E-state index is -0.531. The van der Waals surface area contributed by atoms with E-state index in [0.717, 1.165) is 22.4 Å². The Labute approximate surface area is 138 Å². The van der Waals surface area contributed by atoms with E-state index in [-0.39, 0.29) is 6.04 Å². The van der Waals surface area contributed by atoms with E-state index in [1.54, 1.807) is 0 Å². The molecule has 0 saturated heterocycles. The molecule has 0 saturated carbocycles. The first-order valence-corrected chi connectivity index (χ1v) is 7.57. The average Bonchev–Trinajstić information content (AvgIpc) is 2.51. The molecule has 1 rings (SSSR count). The maximum Gasteiger partial charge on any atom is 0.243 e. The maximum absolute atomic E-state index is 11.3. The third-order valence-electron chi connectivity index (χ3n) is 3.38. The first kappa shape index (κ1) is 18.6. The molecule has 0 spiro atoms. The Hall–Kier alpha value is -2.46. The fourth-order valence-electron chi connectivity index (χ4n) is 2.06. The molecular formula is C19H25N3O. The number of primary amides is 1. The van der Waals surface area contributed by atoms with Crippen LogP contribution in [0.1, 0.15) is 33.3 Å². The van der Waals surface area contributed by atoms with E-state index in [2.05, 4.69) is 4.99 Å². The van der Waals surface area contributed by atoms with Gasteiger partial charge in [-0.3, -0.25) is 9.79 Å². The minimum Gasteiger partial charge on any atom is -0.366 e. The lowest BCUT2D eigenvalue weighted by atomic mass is 10.0. The molecule has 0 aliphatic heterocycles. The Morgan fingerprint density at radius 3 is 2.26 bits per heavy atom. The fraction of sp³-hybridized carbons (Fsp3) is 0.263. The molecule has 0 aliphatic carbocycles. The molecule has 1 atom stereocenters.